The van der Waals surface area contributed by atoms with Gasteiger partial charge in [-0.15, -0.1) is 0 Å². The van der Waals surface area contributed by atoms with Crippen LogP contribution in [0.15, 0.2) is 170 Å². The molecular weight excluding hydrogens is 540 g/mol. The molecule has 0 unspecified atom stereocenters. The van der Waals surface area contributed by atoms with Gasteiger partial charge in [-0.25, -0.2) is 0 Å². The third kappa shape index (κ3) is 3.37. The highest BCUT2D eigenvalue weighted by Crippen LogP contribution is 2.66. The van der Waals surface area contributed by atoms with Crippen molar-refractivity contribution in [3.63, 3.8) is 0 Å². The van der Waals surface area contributed by atoms with E-state index in [4.69, 9.17) is 0 Å². The fraction of sp³-hybridized carbons (Fsp3) is 0.0222. The van der Waals surface area contributed by atoms with E-state index in [9.17, 15) is 0 Å². The molecule has 0 aromatic heterocycles. The van der Waals surface area contributed by atoms with Gasteiger partial charge >= 0.3 is 0 Å². The molecule has 0 fully saturated rings. The van der Waals surface area contributed by atoms with Crippen LogP contribution in [0.2, 0.25) is 0 Å². The first-order chi connectivity index (χ1) is 22.3. The van der Waals surface area contributed by atoms with Crippen molar-refractivity contribution in [2.24, 2.45) is 0 Å². The number of hydrogen-bond donors (Lipinski definition) is 0. The van der Waals surface area contributed by atoms with Crippen LogP contribution in [0.5, 0.6) is 0 Å². The summed E-state index contributed by atoms with van der Waals surface area (Å²) in [5, 5.41) is 5.44. The number of benzene rings is 8. The molecule has 0 aliphatic heterocycles. The molecule has 45 heavy (non-hydrogen) atoms. The summed E-state index contributed by atoms with van der Waals surface area (Å²) in [5.74, 6) is 0. The normalized spacial score (nSPS) is 13.5. The van der Waals surface area contributed by atoms with Gasteiger partial charge in [0.2, 0.25) is 0 Å². The van der Waals surface area contributed by atoms with Crippen molar-refractivity contribution in [1.82, 2.24) is 0 Å². The average molecular weight is 569 g/mol. The molecule has 2 aliphatic carbocycles. The Balaban J connectivity index is 1.31. The van der Waals surface area contributed by atoms with Crippen LogP contribution in [0.4, 0.5) is 0 Å². The first-order valence-corrected chi connectivity index (χ1v) is 15.8. The van der Waals surface area contributed by atoms with Gasteiger partial charge in [0, 0.05) is 0 Å². The third-order valence-electron chi connectivity index (χ3n) is 10.1. The van der Waals surface area contributed by atoms with E-state index in [0.29, 0.717) is 0 Å². The van der Waals surface area contributed by atoms with E-state index in [1.807, 2.05) is 0 Å². The summed E-state index contributed by atoms with van der Waals surface area (Å²) >= 11 is 0. The van der Waals surface area contributed by atoms with Gasteiger partial charge in [-0.3, -0.25) is 0 Å². The van der Waals surface area contributed by atoms with Gasteiger partial charge in [0.05, 0.1) is 5.41 Å². The Kier molecular flexibility index (Phi) is 5.02. The summed E-state index contributed by atoms with van der Waals surface area (Å²) in [6.07, 6.45) is 0. The fourth-order valence-corrected chi connectivity index (χ4v) is 8.15. The minimum atomic E-state index is -0.271. The Labute approximate surface area is 262 Å². The Hall–Kier alpha value is -5.72. The van der Waals surface area contributed by atoms with E-state index in [2.05, 4.69) is 170 Å². The van der Waals surface area contributed by atoms with Crippen molar-refractivity contribution in [2.45, 2.75) is 5.41 Å². The molecule has 0 N–H and O–H groups in total. The van der Waals surface area contributed by atoms with Gasteiger partial charge in [-0.2, -0.15) is 0 Å². The number of rotatable bonds is 4. The third-order valence-corrected chi connectivity index (χ3v) is 10.1. The lowest BCUT2D eigenvalue weighted by molar-refractivity contribution is 0.702. The largest absolute Gasteiger partial charge is 0.0726 e. The Bertz CT molecular complexity index is 2090. The van der Waals surface area contributed by atoms with Gasteiger partial charge in [0.15, 0.2) is 0 Å². The van der Waals surface area contributed by atoms with Crippen LogP contribution >= 0.6 is 0 Å². The first-order valence-electron chi connectivity index (χ1n) is 15.8. The van der Waals surface area contributed by atoms with Crippen LogP contribution in [-0.2, 0) is 5.41 Å². The molecule has 0 radical (unpaired) electrons. The lowest BCUT2D eigenvalue weighted by atomic mass is 9.48. The molecule has 0 amide bonds. The molecule has 0 heterocycles. The standard InChI is InChI=1S/C45H28/c1-5-13-29(14-6-1)33-21-37-22-34(30-15-7-2-8-16-30)26-40-43(37)39(25-33)45(40)41-27-35(31-17-9-3-10-18-31)23-38-24-36(28-42(45)44(38)41)32-19-11-4-12-20-32/h1-28H. The molecule has 0 bridgehead atoms. The average Bonchev–Trinajstić information content (AvgIpc) is 3.11. The van der Waals surface area contributed by atoms with Gasteiger partial charge < -0.3 is 0 Å². The van der Waals surface area contributed by atoms with Crippen LogP contribution in [0, 0.1) is 0 Å². The second-order valence-electron chi connectivity index (χ2n) is 12.5. The molecule has 8 aromatic rings. The molecule has 0 heteroatoms. The molecule has 0 nitrogen and oxygen atoms in total. The van der Waals surface area contributed by atoms with Crippen molar-refractivity contribution in [1.29, 1.82) is 0 Å². The van der Waals surface area contributed by atoms with Crippen molar-refractivity contribution in [3.05, 3.63) is 192 Å². The molecule has 8 aromatic carbocycles. The fourth-order valence-electron chi connectivity index (χ4n) is 8.15. The first kappa shape index (κ1) is 24.7. The van der Waals surface area contributed by atoms with Gasteiger partial charge in [0.1, 0.15) is 0 Å². The summed E-state index contributed by atoms with van der Waals surface area (Å²) in [5.41, 5.74) is 15.6. The van der Waals surface area contributed by atoms with Crippen molar-refractivity contribution in [3.8, 4) is 44.5 Å². The predicted octanol–water partition coefficient (Wildman–Crippen LogP) is 11.7. The lowest BCUT2D eigenvalue weighted by Gasteiger charge is -2.53. The summed E-state index contributed by atoms with van der Waals surface area (Å²) in [7, 11) is 0. The SMILES string of the molecule is c1ccc(-c2cc3c4c(cc(-c5ccccc5)cc4c2)C32c3cc(-c4ccccc4)cc4cc(-c5ccccc5)cc2c34)cc1. The topological polar surface area (TPSA) is 0 Å². The van der Waals surface area contributed by atoms with Crippen LogP contribution in [0.3, 0.4) is 0 Å². The molecule has 10 rings (SSSR count). The highest BCUT2D eigenvalue weighted by Gasteiger charge is 2.55. The Morgan fingerprint density at radius 2 is 0.489 bits per heavy atom. The molecular formula is C45H28. The molecule has 2 aliphatic rings. The van der Waals surface area contributed by atoms with Gasteiger partial charge in [-0.05, 0) is 137 Å². The van der Waals surface area contributed by atoms with Crippen molar-refractivity contribution in [2.75, 3.05) is 0 Å². The zero-order valence-corrected chi connectivity index (χ0v) is 24.7. The smallest absolute Gasteiger partial charge is 0.0622 e. The van der Waals surface area contributed by atoms with E-state index in [-0.39, 0.29) is 5.41 Å². The predicted molar refractivity (Wildman–Crippen MR) is 189 cm³/mol. The minimum absolute atomic E-state index is 0.271. The Morgan fingerprint density at radius 3 is 0.733 bits per heavy atom. The highest BCUT2D eigenvalue weighted by atomic mass is 14.6. The summed E-state index contributed by atoms with van der Waals surface area (Å²) in [6.45, 7) is 0. The van der Waals surface area contributed by atoms with Crippen LogP contribution in [-0.4, -0.2) is 0 Å². The number of hydrogen-bond acceptors (Lipinski definition) is 0. The van der Waals surface area contributed by atoms with E-state index < -0.39 is 0 Å². The minimum Gasteiger partial charge on any atom is -0.0622 e. The van der Waals surface area contributed by atoms with Crippen LogP contribution in [0.25, 0.3) is 66.1 Å². The lowest BCUT2D eigenvalue weighted by Crippen LogP contribution is -2.44. The number of fused-ring (bicyclic) bond motifs is 4. The second kappa shape index (κ2) is 9.14. The maximum atomic E-state index is 2.48. The van der Waals surface area contributed by atoms with Crippen molar-refractivity contribution < 1.29 is 0 Å². The maximum Gasteiger partial charge on any atom is 0.0726 e. The second-order valence-corrected chi connectivity index (χ2v) is 12.5. The molecule has 208 valence electrons. The maximum absolute atomic E-state index is 2.48. The van der Waals surface area contributed by atoms with Crippen LogP contribution < -0.4 is 0 Å². The van der Waals surface area contributed by atoms with Crippen LogP contribution in [0.1, 0.15) is 22.3 Å². The quantitative estimate of drug-likeness (QED) is 0.198. The molecule has 0 saturated carbocycles. The summed E-state index contributed by atoms with van der Waals surface area (Å²) in [4.78, 5) is 0. The zero-order chi connectivity index (χ0) is 29.5. The van der Waals surface area contributed by atoms with Crippen molar-refractivity contribution >= 4 is 21.5 Å². The van der Waals surface area contributed by atoms with E-state index in [1.165, 1.54) is 88.3 Å². The van der Waals surface area contributed by atoms with Gasteiger partial charge in [0.25, 0.3) is 0 Å². The Morgan fingerprint density at radius 1 is 0.244 bits per heavy atom. The molecule has 1 spiro atoms. The van der Waals surface area contributed by atoms with E-state index >= 15 is 0 Å². The highest BCUT2D eigenvalue weighted by molar-refractivity contribution is 6.14. The summed E-state index contributed by atoms with van der Waals surface area (Å²) < 4.78 is 0. The molecule has 0 atom stereocenters. The van der Waals surface area contributed by atoms with Gasteiger partial charge in [-0.1, -0.05) is 121 Å². The zero-order valence-electron chi connectivity index (χ0n) is 24.7. The van der Waals surface area contributed by atoms with E-state index in [1.54, 1.807) is 0 Å². The monoisotopic (exact) mass is 568 g/mol. The molecule has 0 saturated heterocycles. The van der Waals surface area contributed by atoms with E-state index in [0.717, 1.165) is 0 Å². The summed E-state index contributed by atoms with van der Waals surface area (Å²) in [6, 6.07) is 62.9.